The second-order valence-electron chi connectivity index (χ2n) is 5.29. The number of nitrogens with zero attached hydrogens (tertiary/aromatic N) is 4. The van der Waals surface area contributed by atoms with E-state index < -0.39 is 5.97 Å². The quantitative estimate of drug-likeness (QED) is 0.759. The zero-order chi connectivity index (χ0) is 14.4. The fraction of sp³-hybridized carbons (Fsp3) is 0.692. The van der Waals surface area contributed by atoms with Crippen LogP contribution in [-0.2, 0) is 11.3 Å². The Morgan fingerprint density at radius 1 is 1.42 bits per heavy atom. The van der Waals surface area contributed by atoms with Crippen LogP contribution in [0.25, 0.3) is 0 Å². The molecule has 0 radical (unpaired) electrons. The fourth-order valence-corrected chi connectivity index (χ4v) is 1.73. The zero-order valence-electron chi connectivity index (χ0n) is 12.2. The summed E-state index contributed by atoms with van der Waals surface area (Å²) in [6.45, 7) is 6.30. The molecular formula is C13H24N4O2. The highest BCUT2D eigenvalue weighted by atomic mass is 16.4. The van der Waals surface area contributed by atoms with E-state index in [1.807, 2.05) is 40.8 Å². The van der Waals surface area contributed by atoms with Crippen molar-refractivity contribution >= 4 is 5.97 Å². The van der Waals surface area contributed by atoms with Gasteiger partial charge in [-0.1, -0.05) is 0 Å². The van der Waals surface area contributed by atoms with Crippen LogP contribution in [0.5, 0.6) is 0 Å². The molecule has 0 aliphatic heterocycles. The number of carbonyl (C=O) groups is 1. The molecule has 1 heterocycles. The highest BCUT2D eigenvalue weighted by molar-refractivity contribution is 5.69. The lowest BCUT2D eigenvalue weighted by molar-refractivity contribution is -0.138. The van der Waals surface area contributed by atoms with Gasteiger partial charge in [0.1, 0.15) is 0 Å². The number of hydrogen-bond acceptors (Lipinski definition) is 4. The first-order chi connectivity index (χ1) is 8.88. The molecule has 1 N–H and O–H groups in total. The molecule has 0 spiro atoms. The Balaban J connectivity index is 2.61. The zero-order valence-corrected chi connectivity index (χ0v) is 12.2. The minimum Gasteiger partial charge on any atom is -0.480 e. The van der Waals surface area contributed by atoms with Crippen molar-refractivity contribution in [1.82, 2.24) is 19.6 Å². The van der Waals surface area contributed by atoms with E-state index in [9.17, 15) is 4.79 Å². The van der Waals surface area contributed by atoms with Crippen LogP contribution in [-0.4, -0.2) is 64.4 Å². The first-order valence-electron chi connectivity index (χ1n) is 6.51. The lowest BCUT2D eigenvalue weighted by atomic mass is 10.3. The van der Waals surface area contributed by atoms with E-state index in [1.54, 1.807) is 0 Å². The van der Waals surface area contributed by atoms with Crippen molar-refractivity contribution in [3.05, 3.63) is 18.0 Å². The van der Waals surface area contributed by atoms with Gasteiger partial charge in [-0.25, -0.2) is 0 Å². The predicted octanol–water partition coefficient (Wildman–Crippen LogP) is 0.912. The molecule has 0 atom stereocenters. The molecule has 0 amide bonds. The number of carboxylic acid groups (broad SMARTS) is 1. The highest BCUT2D eigenvalue weighted by Gasteiger charge is 2.12. The van der Waals surface area contributed by atoms with Gasteiger partial charge in [-0.05, 0) is 34.0 Å². The molecule has 0 aromatic carbocycles. The van der Waals surface area contributed by atoms with Gasteiger partial charge in [0.2, 0.25) is 0 Å². The summed E-state index contributed by atoms with van der Waals surface area (Å²) in [5.74, 6) is -0.804. The number of aromatic nitrogens is 2. The maximum Gasteiger partial charge on any atom is 0.317 e. The first-order valence-corrected chi connectivity index (χ1v) is 6.51. The van der Waals surface area contributed by atoms with Crippen LogP contribution in [0.15, 0.2) is 12.3 Å². The number of hydrogen-bond donors (Lipinski definition) is 1. The molecule has 0 aliphatic rings. The average Bonchev–Trinajstić information content (AvgIpc) is 2.73. The van der Waals surface area contributed by atoms with Gasteiger partial charge in [0, 0.05) is 31.9 Å². The van der Waals surface area contributed by atoms with Gasteiger partial charge >= 0.3 is 5.97 Å². The van der Waals surface area contributed by atoms with E-state index in [4.69, 9.17) is 5.11 Å². The summed E-state index contributed by atoms with van der Waals surface area (Å²) in [5.41, 5.74) is 0.911. The van der Waals surface area contributed by atoms with Crippen molar-refractivity contribution in [3.8, 4) is 0 Å². The van der Waals surface area contributed by atoms with E-state index in [0.29, 0.717) is 19.1 Å². The summed E-state index contributed by atoms with van der Waals surface area (Å²) in [6, 6.07) is 2.27. The molecule has 0 saturated heterocycles. The van der Waals surface area contributed by atoms with Crippen molar-refractivity contribution in [2.75, 3.05) is 33.7 Å². The summed E-state index contributed by atoms with van der Waals surface area (Å²) in [5, 5.41) is 13.4. The van der Waals surface area contributed by atoms with Crippen molar-refractivity contribution < 1.29 is 9.90 Å². The Morgan fingerprint density at radius 3 is 2.58 bits per heavy atom. The maximum atomic E-state index is 10.9. The largest absolute Gasteiger partial charge is 0.480 e. The van der Waals surface area contributed by atoms with Gasteiger partial charge in [0.15, 0.2) is 0 Å². The minimum absolute atomic E-state index is 0.0440. The van der Waals surface area contributed by atoms with E-state index >= 15 is 0 Å². The summed E-state index contributed by atoms with van der Waals surface area (Å²) in [4.78, 5) is 14.8. The topological polar surface area (TPSA) is 61.6 Å². The highest BCUT2D eigenvalue weighted by Crippen LogP contribution is 2.07. The Labute approximate surface area is 114 Å². The first kappa shape index (κ1) is 15.7. The molecule has 108 valence electrons. The van der Waals surface area contributed by atoms with Gasteiger partial charge in [-0.15, -0.1) is 0 Å². The molecule has 6 heteroatoms. The Bertz CT molecular complexity index is 401. The minimum atomic E-state index is -0.804. The molecule has 0 fully saturated rings. The number of rotatable bonds is 8. The van der Waals surface area contributed by atoms with Crippen LogP contribution in [0.3, 0.4) is 0 Å². The molecule has 1 aromatic heterocycles. The maximum absolute atomic E-state index is 10.9. The molecule has 0 bridgehead atoms. The molecule has 0 unspecified atom stereocenters. The van der Waals surface area contributed by atoms with Gasteiger partial charge in [-0.2, -0.15) is 5.10 Å². The van der Waals surface area contributed by atoms with Gasteiger partial charge in [-0.3, -0.25) is 14.4 Å². The van der Waals surface area contributed by atoms with Crippen molar-refractivity contribution in [1.29, 1.82) is 0 Å². The number of likely N-dealkylation sites (N-methyl/N-ethyl adjacent to an activating group) is 1. The van der Waals surface area contributed by atoms with Crippen molar-refractivity contribution in [2.24, 2.45) is 0 Å². The van der Waals surface area contributed by atoms with Gasteiger partial charge < -0.3 is 10.0 Å². The standard InChI is InChI=1S/C13H24N4O2/c1-11(2)17-6-5-12(14-17)9-16(10-13(18)19)8-7-15(3)4/h5-6,11H,7-10H2,1-4H3,(H,18,19). The lowest BCUT2D eigenvalue weighted by Crippen LogP contribution is -2.35. The van der Waals surface area contributed by atoms with E-state index in [0.717, 1.165) is 12.2 Å². The molecular weight excluding hydrogens is 244 g/mol. The molecule has 0 saturated carbocycles. The van der Waals surface area contributed by atoms with E-state index in [2.05, 4.69) is 18.9 Å². The summed E-state index contributed by atoms with van der Waals surface area (Å²) in [6.07, 6.45) is 1.94. The van der Waals surface area contributed by atoms with Crippen LogP contribution in [0.4, 0.5) is 0 Å². The van der Waals surface area contributed by atoms with Crippen LogP contribution < -0.4 is 0 Å². The SMILES string of the molecule is CC(C)n1ccc(CN(CCN(C)C)CC(=O)O)n1. The van der Waals surface area contributed by atoms with Crippen molar-refractivity contribution in [2.45, 2.75) is 26.4 Å². The Kier molecular flexibility index (Phi) is 5.98. The molecule has 1 rings (SSSR count). The lowest BCUT2D eigenvalue weighted by Gasteiger charge is -2.21. The summed E-state index contributed by atoms with van der Waals surface area (Å²) in [7, 11) is 3.96. The third-order valence-corrected chi connectivity index (χ3v) is 2.80. The molecule has 19 heavy (non-hydrogen) atoms. The van der Waals surface area contributed by atoms with E-state index in [-0.39, 0.29) is 6.54 Å². The number of aliphatic carboxylic acids is 1. The average molecular weight is 268 g/mol. The molecule has 0 aliphatic carbocycles. The summed E-state index contributed by atoms with van der Waals surface area (Å²) >= 11 is 0. The van der Waals surface area contributed by atoms with Gasteiger partial charge in [0.05, 0.1) is 12.2 Å². The second kappa shape index (κ2) is 7.25. The normalized spacial score (nSPS) is 11.7. The monoisotopic (exact) mass is 268 g/mol. The fourth-order valence-electron chi connectivity index (χ4n) is 1.73. The summed E-state index contributed by atoms with van der Waals surface area (Å²) < 4.78 is 1.89. The van der Waals surface area contributed by atoms with Gasteiger partial charge in [0.25, 0.3) is 0 Å². The van der Waals surface area contributed by atoms with Crippen molar-refractivity contribution in [3.63, 3.8) is 0 Å². The second-order valence-corrected chi connectivity index (χ2v) is 5.29. The van der Waals surface area contributed by atoms with E-state index in [1.165, 1.54) is 0 Å². The van der Waals surface area contributed by atoms with Crippen LogP contribution >= 0.6 is 0 Å². The van der Waals surface area contributed by atoms with Crippen LogP contribution in [0.1, 0.15) is 25.6 Å². The molecule has 6 nitrogen and oxygen atoms in total. The van der Waals surface area contributed by atoms with Crippen LogP contribution in [0.2, 0.25) is 0 Å². The predicted molar refractivity (Wildman–Crippen MR) is 74.1 cm³/mol. The third kappa shape index (κ3) is 5.85. The third-order valence-electron chi connectivity index (χ3n) is 2.80. The Hall–Kier alpha value is -1.40. The van der Waals surface area contributed by atoms with Crippen LogP contribution in [0, 0.1) is 0 Å². The smallest absolute Gasteiger partial charge is 0.317 e. The molecule has 1 aromatic rings. The Morgan fingerprint density at radius 2 is 2.11 bits per heavy atom. The number of carboxylic acids is 1.